The number of hydrogen-bond donors (Lipinski definition) is 1. The topological polar surface area (TPSA) is 78.9 Å². The Bertz CT molecular complexity index is 576. The van der Waals surface area contributed by atoms with Crippen molar-refractivity contribution in [2.45, 2.75) is 25.8 Å². The summed E-state index contributed by atoms with van der Waals surface area (Å²) in [6.07, 6.45) is 3.85. The van der Waals surface area contributed by atoms with E-state index in [-0.39, 0.29) is 0 Å². The molecular formula is C13H17N5O. The van der Waals surface area contributed by atoms with Crippen molar-refractivity contribution in [3.63, 3.8) is 0 Å². The molecule has 1 aliphatic rings. The maximum Gasteiger partial charge on any atom is 0.182 e. The Kier molecular flexibility index (Phi) is 3.06. The molecule has 0 bridgehead atoms. The maximum atomic E-state index is 5.82. The Morgan fingerprint density at radius 3 is 2.95 bits per heavy atom. The number of rotatable bonds is 4. The Labute approximate surface area is 111 Å². The van der Waals surface area contributed by atoms with Gasteiger partial charge in [-0.25, -0.2) is 4.68 Å². The molecule has 0 radical (unpaired) electrons. The van der Waals surface area contributed by atoms with E-state index in [9.17, 15) is 0 Å². The van der Waals surface area contributed by atoms with Crippen LogP contribution in [0.5, 0.6) is 5.75 Å². The van der Waals surface area contributed by atoms with Gasteiger partial charge in [0, 0.05) is 12.1 Å². The van der Waals surface area contributed by atoms with E-state index < -0.39 is 0 Å². The van der Waals surface area contributed by atoms with E-state index in [0.29, 0.717) is 17.4 Å². The predicted molar refractivity (Wildman–Crippen MR) is 71.6 cm³/mol. The largest absolute Gasteiger partial charge is 0.495 e. The minimum Gasteiger partial charge on any atom is -0.495 e. The molecule has 19 heavy (non-hydrogen) atoms. The van der Waals surface area contributed by atoms with Gasteiger partial charge in [0.2, 0.25) is 0 Å². The normalized spacial score (nSPS) is 15.2. The van der Waals surface area contributed by atoms with Gasteiger partial charge in [-0.1, -0.05) is 6.42 Å². The van der Waals surface area contributed by atoms with Crippen molar-refractivity contribution in [1.82, 2.24) is 20.2 Å². The number of nitrogens with zero attached hydrogens (tertiary/aromatic N) is 4. The highest BCUT2D eigenvalue weighted by molar-refractivity contribution is 5.65. The van der Waals surface area contributed by atoms with Crippen LogP contribution >= 0.6 is 0 Å². The lowest BCUT2D eigenvalue weighted by molar-refractivity contribution is 0.265. The van der Waals surface area contributed by atoms with Crippen molar-refractivity contribution >= 4 is 5.69 Å². The molecule has 1 aromatic carbocycles. The third-order valence-electron chi connectivity index (χ3n) is 3.68. The highest BCUT2D eigenvalue weighted by Crippen LogP contribution is 2.30. The van der Waals surface area contributed by atoms with Gasteiger partial charge in [0.25, 0.3) is 0 Å². The molecule has 3 rings (SSSR count). The molecule has 0 saturated heterocycles. The van der Waals surface area contributed by atoms with Crippen LogP contribution in [0.25, 0.3) is 11.4 Å². The molecule has 0 aliphatic heterocycles. The van der Waals surface area contributed by atoms with E-state index in [4.69, 9.17) is 10.5 Å². The van der Waals surface area contributed by atoms with Crippen LogP contribution in [0.2, 0.25) is 0 Å². The lowest BCUT2D eigenvalue weighted by Crippen LogP contribution is -2.19. The summed E-state index contributed by atoms with van der Waals surface area (Å²) in [5.41, 5.74) is 7.36. The summed E-state index contributed by atoms with van der Waals surface area (Å²) in [6, 6.07) is 5.61. The second kappa shape index (κ2) is 4.87. The van der Waals surface area contributed by atoms with Gasteiger partial charge in [-0.05, 0) is 47.4 Å². The van der Waals surface area contributed by atoms with E-state index in [1.54, 1.807) is 7.11 Å². The van der Waals surface area contributed by atoms with Crippen LogP contribution in [0, 0.1) is 5.92 Å². The second-order valence-electron chi connectivity index (χ2n) is 4.94. The minimum absolute atomic E-state index is 0.615. The molecule has 2 aromatic rings. The summed E-state index contributed by atoms with van der Waals surface area (Å²) >= 11 is 0. The average Bonchev–Trinajstić information content (AvgIpc) is 2.83. The van der Waals surface area contributed by atoms with E-state index >= 15 is 0 Å². The zero-order chi connectivity index (χ0) is 13.2. The van der Waals surface area contributed by atoms with Crippen LogP contribution in [0.3, 0.4) is 0 Å². The van der Waals surface area contributed by atoms with Gasteiger partial charge in [-0.3, -0.25) is 0 Å². The van der Waals surface area contributed by atoms with Gasteiger partial charge in [0.1, 0.15) is 5.75 Å². The quantitative estimate of drug-likeness (QED) is 0.846. The van der Waals surface area contributed by atoms with Crippen molar-refractivity contribution in [2.75, 3.05) is 12.8 Å². The lowest BCUT2D eigenvalue weighted by atomic mass is 9.85. The number of hydrogen-bond acceptors (Lipinski definition) is 5. The van der Waals surface area contributed by atoms with Gasteiger partial charge < -0.3 is 10.5 Å². The number of anilines is 1. The average molecular weight is 259 g/mol. The molecule has 1 aliphatic carbocycles. The number of aromatic nitrogens is 4. The van der Waals surface area contributed by atoms with Crippen molar-refractivity contribution < 1.29 is 4.74 Å². The molecule has 1 aromatic heterocycles. The fraction of sp³-hybridized carbons (Fsp3) is 0.462. The number of benzene rings is 1. The van der Waals surface area contributed by atoms with Gasteiger partial charge in [0.05, 0.1) is 12.8 Å². The van der Waals surface area contributed by atoms with Crippen LogP contribution in [0.4, 0.5) is 5.69 Å². The molecular weight excluding hydrogens is 242 g/mol. The summed E-state index contributed by atoms with van der Waals surface area (Å²) in [7, 11) is 1.60. The monoisotopic (exact) mass is 259 g/mol. The fourth-order valence-corrected chi connectivity index (χ4v) is 2.30. The molecule has 6 nitrogen and oxygen atoms in total. The molecule has 0 atom stereocenters. The Hall–Kier alpha value is -2.11. The SMILES string of the molecule is COc1cc(-c2nnnn2CC2CCC2)ccc1N. The Morgan fingerprint density at radius 2 is 2.26 bits per heavy atom. The lowest BCUT2D eigenvalue weighted by Gasteiger charge is -2.25. The molecule has 2 N–H and O–H groups in total. The fourth-order valence-electron chi connectivity index (χ4n) is 2.30. The van der Waals surface area contributed by atoms with Crippen LogP contribution in [-0.2, 0) is 6.54 Å². The Morgan fingerprint density at radius 1 is 1.42 bits per heavy atom. The predicted octanol–water partition coefficient (Wildman–Crippen LogP) is 1.73. The molecule has 100 valence electrons. The number of nitrogens with two attached hydrogens (primary N) is 1. The molecule has 1 saturated carbocycles. The standard InChI is InChI=1S/C13H17N5O/c1-19-12-7-10(5-6-11(12)14)13-15-16-17-18(13)8-9-3-2-4-9/h5-7,9H,2-4,8,14H2,1H3. The summed E-state index contributed by atoms with van der Waals surface area (Å²) in [5, 5.41) is 12.0. The van der Waals surface area contributed by atoms with E-state index in [0.717, 1.165) is 17.9 Å². The first-order valence-electron chi connectivity index (χ1n) is 6.48. The van der Waals surface area contributed by atoms with Gasteiger partial charge in [-0.2, -0.15) is 0 Å². The van der Waals surface area contributed by atoms with Crippen molar-refractivity contribution in [3.8, 4) is 17.1 Å². The first-order chi connectivity index (χ1) is 9.28. The van der Waals surface area contributed by atoms with Crippen LogP contribution < -0.4 is 10.5 Å². The third kappa shape index (κ3) is 2.25. The summed E-state index contributed by atoms with van der Waals surface area (Å²) < 4.78 is 7.10. The molecule has 1 fully saturated rings. The Balaban J connectivity index is 1.90. The van der Waals surface area contributed by atoms with Crippen molar-refractivity contribution in [2.24, 2.45) is 5.92 Å². The zero-order valence-electron chi connectivity index (χ0n) is 10.9. The molecule has 0 spiro atoms. The molecule has 6 heteroatoms. The first-order valence-corrected chi connectivity index (χ1v) is 6.48. The molecule has 0 unspecified atom stereocenters. The summed E-state index contributed by atoms with van der Waals surface area (Å²) in [6.45, 7) is 0.884. The first kappa shape index (κ1) is 12.0. The number of tetrazole rings is 1. The van der Waals surface area contributed by atoms with Crippen LogP contribution in [0.15, 0.2) is 18.2 Å². The van der Waals surface area contributed by atoms with Gasteiger partial charge >= 0.3 is 0 Å². The van der Waals surface area contributed by atoms with Crippen LogP contribution in [-0.4, -0.2) is 27.3 Å². The summed E-state index contributed by atoms with van der Waals surface area (Å²) in [5.74, 6) is 2.12. The minimum atomic E-state index is 0.615. The van der Waals surface area contributed by atoms with Gasteiger partial charge in [-0.15, -0.1) is 5.10 Å². The van der Waals surface area contributed by atoms with Gasteiger partial charge in [0.15, 0.2) is 5.82 Å². The van der Waals surface area contributed by atoms with Crippen LogP contribution in [0.1, 0.15) is 19.3 Å². The maximum absolute atomic E-state index is 5.82. The second-order valence-corrected chi connectivity index (χ2v) is 4.94. The molecule has 0 amide bonds. The van der Waals surface area contributed by atoms with E-state index in [2.05, 4.69) is 15.5 Å². The van der Waals surface area contributed by atoms with E-state index in [1.807, 2.05) is 22.9 Å². The van der Waals surface area contributed by atoms with Crippen molar-refractivity contribution in [3.05, 3.63) is 18.2 Å². The highest BCUT2D eigenvalue weighted by Gasteiger charge is 2.20. The molecule has 1 heterocycles. The van der Waals surface area contributed by atoms with Crippen molar-refractivity contribution in [1.29, 1.82) is 0 Å². The third-order valence-corrected chi connectivity index (χ3v) is 3.68. The summed E-state index contributed by atoms with van der Waals surface area (Å²) in [4.78, 5) is 0. The zero-order valence-corrected chi connectivity index (χ0v) is 10.9. The number of ether oxygens (including phenoxy) is 1. The smallest absolute Gasteiger partial charge is 0.182 e. The number of methoxy groups -OCH3 is 1. The van der Waals surface area contributed by atoms with E-state index in [1.165, 1.54) is 19.3 Å². The highest BCUT2D eigenvalue weighted by atomic mass is 16.5. The number of nitrogen functional groups attached to an aromatic ring is 1.